The normalized spacial score (nSPS) is 11.2. The molecule has 0 bridgehead atoms. The van der Waals surface area contributed by atoms with Gasteiger partial charge in [0.2, 0.25) is 0 Å². The molecule has 0 saturated carbocycles. The smallest absolute Gasteiger partial charge is 0.193 e. The summed E-state index contributed by atoms with van der Waals surface area (Å²) in [6.07, 6.45) is 0. The van der Waals surface area contributed by atoms with Gasteiger partial charge in [-0.2, -0.15) is 0 Å². The molecule has 5 heteroatoms. The monoisotopic (exact) mass is 439 g/mol. The molecule has 1 aromatic carbocycles. The Morgan fingerprint density at radius 2 is 1.89 bits per heavy atom. The van der Waals surface area contributed by atoms with Crippen LogP contribution in [0.25, 0.3) is 0 Å². The Morgan fingerprint density at radius 3 is 2.37 bits per heavy atom. The van der Waals surface area contributed by atoms with Gasteiger partial charge < -0.3 is 10.2 Å². The Morgan fingerprint density at radius 1 is 1.32 bits per heavy atom. The molecule has 108 valence electrons. The van der Waals surface area contributed by atoms with Crippen LogP contribution in [0, 0.1) is 5.92 Å². The molecule has 0 amide bonds. The molecular formula is C14H23BrIN3. The molecule has 0 fully saturated rings. The quantitative estimate of drug-likeness (QED) is 0.439. The number of nitrogens with one attached hydrogen (secondary N) is 1. The maximum absolute atomic E-state index is 4.30. The highest BCUT2D eigenvalue weighted by molar-refractivity contribution is 14.0. The van der Waals surface area contributed by atoms with Crippen molar-refractivity contribution < 1.29 is 0 Å². The minimum Gasteiger partial charge on any atom is -0.356 e. The van der Waals surface area contributed by atoms with Gasteiger partial charge in [0.1, 0.15) is 0 Å². The van der Waals surface area contributed by atoms with Crippen LogP contribution in [0.15, 0.2) is 33.7 Å². The van der Waals surface area contributed by atoms with Crippen molar-refractivity contribution in [1.82, 2.24) is 10.2 Å². The largest absolute Gasteiger partial charge is 0.356 e. The Hall–Kier alpha value is -0.300. The van der Waals surface area contributed by atoms with Gasteiger partial charge in [-0.05, 0) is 23.6 Å². The third-order valence-electron chi connectivity index (χ3n) is 2.57. The van der Waals surface area contributed by atoms with E-state index in [1.807, 2.05) is 7.05 Å². The van der Waals surface area contributed by atoms with Gasteiger partial charge in [0.15, 0.2) is 5.96 Å². The second kappa shape index (κ2) is 9.58. The number of hydrogen-bond acceptors (Lipinski definition) is 1. The molecule has 0 saturated heterocycles. The summed E-state index contributed by atoms with van der Waals surface area (Å²) in [6.45, 7) is 6.17. The Labute approximate surface area is 142 Å². The summed E-state index contributed by atoms with van der Waals surface area (Å²) >= 11 is 3.45. The highest BCUT2D eigenvalue weighted by Crippen LogP contribution is 2.11. The van der Waals surface area contributed by atoms with Gasteiger partial charge >= 0.3 is 0 Å². The van der Waals surface area contributed by atoms with E-state index in [9.17, 15) is 0 Å². The fourth-order valence-corrected chi connectivity index (χ4v) is 1.88. The average Bonchev–Trinajstić information content (AvgIpc) is 2.32. The highest BCUT2D eigenvalue weighted by atomic mass is 127. The van der Waals surface area contributed by atoms with Crippen molar-refractivity contribution in [2.24, 2.45) is 10.9 Å². The van der Waals surface area contributed by atoms with Crippen LogP contribution < -0.4 is 5.32 Å². The molecular weight excluding hydrogens is 417 g/mol. The lowest BCUT2D eigenvalue weighted by Crippen LogP contribution is -2.40. The molecule has 0 unspecified atom stereocenters. The molecule has 0 spiro atoms. The number of halogens is 2. The molecule has 1 N–H and O–H groups in total. The van der Waals surface area contributed by atoms with E-state index in [-0.39, 0.29) is 24.0 Å². The van der Waals surface area contributed by atoms with Crippen molar-refractivity contribution >= 4 is 45.9 Å². The van der Waals surface area contributed by atoms with E-state index < -0.39 is 0 Å². The minimum atomic E-state index is 0. The standard InChI is InChI=1S/C14H22BrN3.HI/c1-11(2)9-17-14(16-3)18(4)10-12-5-7-13(15)8-6-12;/h5-8,11H,9-10H2,1-4H3,(H,16,17);1H. The van der Waals surface area contributed by atoms with Gasteiger partial charge in [-0.3, -0.25) is 4.99 Å². The van der Waals surface area contributed by atoms with Crippen LogP contribution in [-0.2, 0) is 6.54 Å². The number of nitrogens with zero attached hydrogens (tertiary/aromatic N) is 2. The van der Waals surface area contributed by atoms with Crippen molar-refractivity contribution in [3.05, 3.63) is 34.3 Å². The molecule has 0 aliphatic carbocycles. The first-order valence-electron chi connectivity index (χ1n) is 6.19. The predicted octanol–water partition coefficient (Wildman–Crippen LogP) is 3.73. The van der Waals surface area contributed by atoms with E-state index in [2.05, 4.69) is 76.3 Å². The molecule has 1 aromatic rings. The summed E-state index contributed by atoms with van der Waals surface area (Å²) in [5, 5.41) is 3.37. The summed E-state index contributed by atoms with van der Waals surface area (Å²) in [5.74, 6) is 1.55. The molecule has 0 radical (unpaired) electrons. The van der Waals surface area contributed by atoms with Gasteiger partial charge in [0.25, 0.3) is 0 Å². The SMILES string of the molecule is CN=C(NCC(C)C)N(C)Cc1ccc(Br)cc1.I. The second-order valence-electron chi connectivity index (χ2n) is 4.80. The molecule has 0 aromatic heterocycles. The van der Waals surface area contributed by atoms with Crippen LogP contribution in [0.1, 0.15) is 19.4 Å². The molecule has 3 nitrogen and oxygen atoms in total. The Bertz CT molecular complexity index is 390. The first-order valence-corrected chi connectivity index (χ1v) is 6.98. The molecule has 0 aliphatic heterocycles. The maximum Gasteiger partial charge on any atom is 0.193 e. The number of hydrogen-bond donors (Lipinski definition) is 1. The van der Waals surface area contributed by atoms with Crippen molar-refractivity contribution in [3.8, 4) is 0 Å². The number of rotatable bonds is 4. The van der Waals surface area contributed by atoms with Crippen LogP contribution in [0.4, 0.5) is 0 Å². The van der Waals surface area contributed by atoms with Crippen molar-refractivity contribution in [2.75, 3.05) is 20.6 Å². The summed E-state index contributed by atoms with van der Waals surface area (Å²) in [6, 6.07) is 8.37. The lowest BCUT2D eigenvalue weighted by molar-refractivity contribution is 0.468. The van der Waals surface area contributed by atoms with Crippen LogP contribution in [-0.4, -0.2) is 31.5 Å². The third kappa shape index (κ3) is 7.15. The molecule has 0 atom stereocenters. The summed E-state index contributed by atoms with van der Waals surface area (Å²) in [7, 11) is 3.87. The number of benzene rings is 1. The maximum atomic E-state index is 4.30. The fourth-order valence-electron chi connectivity index (χ4n) is 1.62. The zero-order valence-corrected chi connectivity index (χ0v) is 15.9. The Balaban J connectivity index is 0.00000324. The van der Waals surface area contributed by atoms with Gasteiger partial charge in [-0.25, -0.2) is 0 Å². The predicted molar refractivity (Wildman–Crippen MR) is 97.2 cm³/mol. The zero-order chi connectivity index (χ0) is 13.5. The van der Waals surface area contributed by atoms with Crippen LogP contribution in [0.3, 0.4) is 0 Å². The van der Waals surface area contributed by atoms with E-state index >= 15 is 0 Å². The third-order valence-corrected chi connectivity index (χ3v) is 3.10. The van der Waals surface area contributed by atoms with Gasteiger partial charge in [0, 0.05) is 31.7 Å². The minimum absolute atomic E-state index is 0. The van der Waals surface area contributed by atoms with Gasteiger partial charge in [-0.1, -0.05) is 41.9 Å². The average molecular weight is 440 g/mol. The van der Waals surface area contributed by atoms with Gasteiger partial charge in [0.05, 0.1) is 0 Å². The summed E-state index contributed by atoms with van der Waals surface area (Å²) in [5.41, 5.74) is 1.27. The topological polar surface area (TPSA) is 27.6 Å². The number of guanidine groups is 1. The molecule has 0 aliphatic rings. The van der Waals surface area contributed by atoms with E-state index in [4.69, 9.17) is 0 Å². The van der Waals surface area contributed by atoms with Crippen molar-refractivity contribution in [3.63, 3.8) is 0 Å². The van der Waals surface area contributed by atoms with E-state index in [0.717, 1.165) is 23.5 Å². The fraction of sp³-hybridized carbons (Fsp3) is 0.500. The van der Waals surface area contributed by atoms with E-state index in [1.54, 1.807) is 0 Å². The number of aliphatic imine (C=N–C) groups is 1. The first-order chi connectivity index (χ1) is 8.52. The Kier molecular flexibility index (Phi) is 9.43. The van der Waals surface area contributed by atoms with Gasteiger partial charge in [-0.15, -0.1) is 24.0 Å². The van der Waals surface area contributed by atoms with E-state index in [0.29, 0.717) is 5.92 Å². The van der Waals surface area contributed by atoms with Crippen molar-refractivity contribution in [1.29, 1.82) is 0 Å². The summed E-state index contributed by atoms with van der Waals surface area (Å²) < 4.78 is 1.11. The first kappa shape index (κ1) is 18.7. The van der Waals surface area contributed by atoms with Crippen LogP contribution in [0.2, 0.25) is 0 Å². The molecule has 19 heavy (non-hydrogen) atoms. The molecule has 1 rings (SSSR count). The van der Waals surface area contributed by atoms with Crippen LogP contribution >= 0.6 is 39.9 Å². The van der Waals surface area contributed by atoms with Crippen molar-refractivity contribution in [2.45, 2.75) is 20.4 Å². The molecule has 0 heterocycles. The highest BCUT2D eigenvalue weighted by Gasteiger charge is 2.06. The zero-order valence-electron chi connectivity index (χ0n) is 12.0. The van der Waals surface area contributed by atoms with E-state index in [1.165, 1.54) is 5.56 Å². The van der Waals surface area contributed by atoms with Crippen LogP contribution in [0.5, 0.6) is 0 Å². The lowest BCUT2D eigenvalue weighted by atomic mass is 10.2. The summed E-state index contributed by atoms with van der Waals surface area (Å²) in [4.78, 5) is 6.43. The second-order valence-corrected chi connectivity index (χ2v) is 5.72. The lowest BCUT2D eigenvalue weighted by Gasteiger charge is -2.23.